The van der Waals surface area contributed by atoms with Gasteiger partial charge in [-0.1, -0.05) is 0 Å². The van der Waals surface area contributed by atoms with E-state index in [1.807, 2.05) is 6.07 Å². The van der Waals surface area contributed by atoms with Crippen LogP contribution in [0, 0.1) is 11.3 Å². The average Bonchev–Trinajstić information content (AvgIpc) is 2.17. The normalized spacial score (nSPS) is 9.14. The van der Waals surface area contributed by atoms with Crippen LogP contribution in [0.15, 0.2) is 18.3 Å². The van der Waals surface area contributed by atoms with E-state index in [2.05, 4.69) is 4.98 Å². The minimum Gasteiger partial charge on any atom is -0.480 e. The summed E-state index contributed by atoms with van der Waals surface area (Å²) in [6.45, 7) is -0.112. The molecule has 1 rings (SSSR count). The standard InChI is InChI=1S/C9H9N3O2/c1-12(6-9(13)14)8-3-2-7(4-10)5-11-8/h2-3,5H,6H2,1H3,(H,13,14). The molecule has 0 bridgehead atoms. The van der Waals surface area contributed by atoms with Crippen LogP contribution >= 0.6 is 0 Å². The highest BCUT2D eigenvalue weighted by Crippen LogP contribution is 2.08. The average molecular weight is 191 g/mol. The zero-order chi connectivity index (χ0) is 10.6. The Hall–Kier alpha value is -2.09. The summed E-state index contributed by atoms with van der Waals surface area (Å²) < 4.78 is 0. The molecule has 0 atom stereocenters. The first-order chi connectivity index (χ1) is 6.63. The number of pyridine rings is 1. The molecule has 0 radical (unpaired) electrons. The lowest BCUT2D eigenvalue weighted by Crippen LogP contribution is -2.25. The van der Waals surface area contributed by atoms with Gasteiger partial charge in [0.05, 0.1) is 5.56 Å². The van der Waals surface area contributed by atoms with Crippen LogP contribution in [-0.2, 0) is 4.79 Å². The Balaban J connectivity index is 2.77. The number of rotatable bonds is 3. The Morgan fingerprint density at radius 1 is 1.71 bits per heavy atom. The first kappa shape index (κ1) is 9.99. The molecule has 0 saturated carbocycles. The minimum atomic E-state index is -0.918. The largest absolute Gasteiger partial charge is 0.480 e. The van der Waals surface area contributed by atoms with Crippen molar-refractivity contribution in [3.05, 3.63) is 23.9 Å². The van der Waals surface area contributed by atoms with E-state index in [1.165, 1.54) is 11.1 Å². The predicted octanol–water partition coefficient (Wildman–Crippen LogP) is 0.474. The zero-order valence-electron chi connectivity index (χ0n) is 7.64. The van der Waals surface area contributed by atoms with Crippen molar-refractivity contribution in [2.45, 2.75) is 0 Å². The van der Waals surface area contributed by atoms with Gasteiger partial charge in [-0.15, -0.1) is 0 Å². The van der Waals surface area contributed by atoms with Crippen LogP contribution in [0.3, 0.4) is 0 Å². The van der Waals surface area contributed by atoms with Gasteiger partial charge in [-0.05, 0) is 12.1 Å². The molecule has 0 unspecified atom stereocenters. The van der Waals surface area contributed by atoms with E-state index >= 15 is 0 Å². The van der Waals surface area contributed by atoms with Gasteiger partial charge >= 0.3 is 5.97 Å². The number of likely N-dealkylation sites (N-methyl/N-ethyl adjacent to an activating group) is 1. The van der Waals surface area contributed by atoms with Gasteiger partial charge in [0, 0.05) is 13.2 Å². The molecule has 1 N–H and O–H groups in total. The van der Waals surface area contributed by atoms with E-state index < -0.39 is 5.97 Å². The molecular weight excluding hydrogens is 182 g/mol. The van der Waals surface area contributed by atoms with Crippen LogP contribution in [0.1, 0.15) is 5.56 Å². The number of nitrogens with zero attached hydrogens (tertiary/aromatic N) is 3. The number of carboxylic acids is 1. The molecule has 72 valence electrons. The molecule has 0 aliphatic heterocycles. The fourth-order valence-corrected chi connectivity index (χ4v) is 0.962. The maximum absolute atomic E-state index is 10.4. The second-order valence-electron chi connectivity index (χ2n) is 2.77. The lowest BCUT2D eigenvalue weighted by molar-refractivity contribution is -0.135. The van der Waals surface area contributed by atoms with Gasteiger partial charge in [0.15, 0.2) is 0 Å². The molecule has 1 heterocycles. The highest BCUT2D eigenvalue weighted by molar-refractivity contribution is 5.72. The van der Waals surface area contributed by atoms with E-state index in [0.29, 0.717) is 11.4 Å². The van der Waals surface area contributed by atoms with E-state index in [-0.39, 0.29) is 6.54 Å². The Labute approximate surface area is 81.2 Å². The van der Waals surface area contributed by atoms with Crippen LogP contribution in [-0.4, -0.2) is 29.7 Å². The molecular formula is C9H9N3O2. The summed E-state index contributed by atoms with van der Waals surface area (Å²) in [4.78, 5) is 15.8. The third kappa shape index (κ3) is 2.45. The Morgan fingerprint density at radius 2 is 2.43 bits per heavy atom. The molecule has 0 aliphatic carbocycles. The fourth-order valence-electron chi connectivity index (χ4n) is 0.962. The van der Waals surface area contributed by atoms with Crippen molar-refractivity contribution in [3.8, 4) is 6.07 Å². The number of anilines is 1. The first-order valence-electron chi connectivity index (χ1n) is 3.92. The SMILES string of the molecule is CN(CC(=O)O)c1ccc(C#N)cn1. The van der Waals surface area contributed by atoms with Crippen molar-refractivity contribution in [2.75, 3.05) is 18.5 Å². The zero-order valence-corrected chi connectivity index (χ0v) is 7.64. The Morgan fingerprint density at radius 3 is 2.86 bits per heavy atom. The maximum Gasteiger partial charge on any atom is 0.323 e. The van der Waals surface area contributed by atoms with E-state index in [9.17, 15) is 4.79 Å². The van der Waals surface area contributed by atoms with Crippen LogP contribution in [0.25, 0.3) is 0 Å². The summed E-state index contributed by atoms with van der Waals surface area (Å²) in [7, 11) is 1.63. The molecule has 0 fully saturated rings. The topological polar surface area (TPSA) is 77.2 Å². The molecule has 0 aliphatic rings. The Bertz CT molecular complexity index is 367. The molecule has 0 amide bonds. The number of aromatic nitrogens is 1. The second kappa shape index (κ2) is 4.23. The highest BCUT2D eigenvalue weighted by atomic mass is 16.4. The lowest BCUT2D eigenvalue weighted by Gasteiger charge is -2.14. The number of carboxylic acid groups (broad SMARTS) is 1. The molecule has 5 heteroatoms. The van der Waals surface area contributed by atoms with Gasteiger partial charge in [0.25, 0.3) is 0 Å². The fraction of sp³-hybridized carbons (Fsp3) is 0.222. The van der Waals surface area contributed by atoms with Gasteiger partial charge < -0.3 is 10.0 Å². The van der Waals surface area contributed by atoms with Crippen LogP contribution in [0.4, 0.5) is 5.82 Å². The summed E-state index contributed by atoms with van der Waals surface area (Å²) in [6, 6.07) is 5.15. The van der Waals surface area contributed by atoms with Gasteiger partial charge in [0.2, 0.25) is 0 Å². The number of aliphatic carboxylic acids is 1. The van der Waals surface area contributed by atoms with Crippen molar-refractivity contribution < 1.29 is 9.90 Å². The Kier molecular flexibility index (Phi) is 3.02. The summed E-state index contributed by atoms with van der Waals surface area (Å²) >= 11 is 0. The monoisotopic (exact) mass is 191 g/mol. The molecule has 0 spiro atoms. The first-order valence-corrected chi connectivity index (χ1v) is 3.92. The predicted molar refractivity (Wildman–Crippen MR) is 49.9 cm³/mol. The van der Waals surface area contributed by atoms with Crippen molar-refractivity contribution in [2.24, 2.45) is 0 Å². The minimum absolute atomic E-state index is 0.112. The summed E-state index contributed by atoms with van der Waals surface area (Å²) in [5.74, 6) is -0.384. The van der Waals surface area contributed by atoms with Crippen molar-refractivity contribution >= 4 is 11.8 Å². The molecule has 1 aromatic rings. The van der Waals surface area contributed by atoms with Crippen molar-refractivity contribution in [3.63, 3.8) is 0 Å². The molecule has 5 nitrogen and oxygen atoms in total. The van der Waals surface area contributed by atoms with Gasteiger partial charge in [-0.3, -0.25) is 4.79 Å². The van der Waals surface area contributed by atoms with E-state index in [0.717, 1.165) is 0 Å². The number of hydrogen-bond acceptors (Lipinski definition) is 4. The number of carbonyl (C=O) groups is 1. The molecule has 0 saturated heterocycles. The van der Waals surface area contributed by atoms with Crippen molar-refractivity contribution in [1.82, 2.24) is 4.98 Å². The lowest BCUT2D eigenvalue weighted by atomic mass is 10.3. The van der Waals surface area contributed by atoms with E-state index in [4.69, 9.17) is 10.4 Å². The van der Waals surface area contributed by atoms with E-state index in [1.54, 1.807) is 19.2 Å². The number of hydrogen-bond donors (Lipinski definition) is 1. The van der Waals surface area contributed by atoms with Gasteiger partial charge in [-0.2, -0.15) is 5.26 Å². The molecule has 1 aromatic heterocycles. The summed E-state index contributed by atoms with van der Waals surface area (Å²) in [6.07, 6.45) is 1.41. The van der Waals surface area contributed by atoms with Crippen LogP contribution < -0.4 is 4.90 Å². The quantitative estimate of drug-likeness (QED) is 0.751. The highest BCUT2D eigenvalue weighted by Gasteiger charge is 2.06. The summed E-state index contributed by atoms with van der Waals surface area (Å²) in [5.41, 5.74) is 0.456. The van der Waals surface area contributed by atoms with Crippen LogP contribution in [0.2, 0.25) is 0 Å². The smallest absolute Gasteiger partial charge is 0.323 e. The van der Waals surface area contributed by atoms with Gasteiger partial charge in [0.1, 0.15) is 18.4 Å². The molecule has 14 heavy (non-hydrogen) atoms. The third-order valence-corrected chi connectivity index (χ3v) is 1.64. The second-order valence-corrected chi connectivity index (χ2v) is 2.77. The number of nitriles is 1. The third-order valence-electron chi connectivity index (χ3n) is 1.64. The maximum atomic E-state index is 10.4. The molecule has 0 aromatic carbocycles. The summed E-state index contributed by atoms with van der Waals surface area (Å²) in [5, 5.41) is 17.0. The van der Waals surface area contributed by atoms with Crippen molar-refractivity contribution in [1.29, 1.82) is 5.26 Å². The van der Waals surface area contributed by atoms with Crippen LogP contribution in [0.5, 0.6) is 0 Å². The van der Waals surface area contributed by atoms with Gasteiger partial charge in [-0.25, -0.2) is 4.98 Å².